The van der Waals surface area contributed by atoms with Gasteiger partial charge >= 0.3 is 0 Å². The minimum atomic E-state index is -0.755. The van der Waals surface area contributed by atoms with Crippen molar-refractivity contribution >= 4 is 23.2 Å². The zero-order chi connectivity index (χ0) is 19.5. The van der Waals surface area contributed by atoms with Crippen LogP contribution in [0.2, 0.25) is 0 Å². The minimum Gasteiger partial charge on any atom is -0.485 e. The van der Waals surface area contributed by atoms with Crippen molar-refractivity contribution in [2.45, 2.75) is 25.9 Å². The van der Waals surface area contributed by atoms with Crippen molar-refractivity contribution in [2.24, 2.45) is 5.10 Å². The lowest BCUT2D eigenvalue weighted by Crippen LogP contribution is -2.42. The molecular formula is C21H21N3O4. The van der Waals surface area contributed by atoms with Crippen LogP contribution in [0.1, 0.15) is 25.3 Å². The molecule has 28 heavy (non-hydrogen) atoms. The Bertz CT molecular complexity index is 924. The third-order valence-electron chi connectivity index (χ3n) is 4.81. The summed E-state index contributed by atoms with van der Waals surface area (Å²) in [6.07, 6.45) is 0.742. The highest BCUT2D eigenvalue weighted by atomic mass is 16.6. The first kappa shape index (κ1) is 18.0. The largest absolute Gasteiger partial charge is 0.485 e. The molecule has 4 rings (SSSR count). The Hall–Kier alpha value is -3.35. The van der Waals surface area contributed by atoms with Gasteiger partial charge in [-0.1, -0.05) is 24.3 Å². The van der Waals surface area contributed by atoms with Crippen LogP contribution in [0.3, 0.4) is 0 Å². The molecule has 0 unspecified atom stereocenters. The Morgan fingerprint density at radius 2 is 1.89 bits per heavy atom. The number of carbonyl (C=O) groups is 2. The number of benzene rings is 2. The van der Waals surface area contributed by atoms with Crippen molar-refractivity contribution in [1.82, 2.24) is 5.43 Å². The molecule has 2 amide bonds. The number of hydrogen-bond donors (Lipinski definition) is 1. The molecule has 7 heteroatoms. The molecule has 0 bridgehead atoms. The van der Waals surface area contributed by atoms with Crippen molar-refractivity contribution in [1.29, 1.82) is 0 Å². The molecular weight excluding hydrogens is 358 g/mol. The summed E-state index contributed by atoms with van der Waals surface area (Å²) >= 11 is 0. The lowest BCUT2D eigenvalue weighted by atomic mass is 10.1. The third kappa shape index (κ3) is 3.69. The maximum absolute atomic E-state index is 12.3. The number of hydrogen-bond acceptors (Lipinski definition) is 5. The summed E-state index contributed by atoms with van der Waals surface area (Å²) in [5.41, 5.74) is 4.94. The van der Waals surface area contributed by atoms with E-state index in [9.17, 15) is 9.59 Å². The van der Waals surface area contributed by atoms with Crippen LogP contribution in [0, 0.1) is 0 Å². The molecule has 2 heterocycles. The topological polar surface area (TPSA) is 80.2 Å². The SMILES string of the molecule is C/C(=N/NC(=O)[C@@H]1COc2ccccc2O1)c1ccc(N2CCCC2=O)cc1. The average Bonchev–Trinajstić information content (AvgIpc) is 3.17. The summed E-state index contributed by atoms with van der Waals surface area (Å²) in [5.74, 6) is 0.958. The van der Waals surface area contributed by atoms with Crippen LogP contribution >= 0.6 is 0 Å². The van der Waals surface area contributed by atoms with Gasteiger partial charge in [0.05, 0.1) is 5.71 Å². The molecule has 1 fully saturated rings. The lowest BCUT2D eigenvalue weighted by Gasteiger charge is -2.24. The van der Waals surface area contributed by atoms with E-state index in [0.29, 0.717) is 23.6 Å². The zero-order valence-electron chi connectivity index (χ0n) is 15.6. The summed E-state index contributed by atoms with van der Waals surface area (Å²) in [6.45, 7) is 2.70. The first-order valence-electron chi connectivity index (χ1n) is 9.25. The molecule has 1 saturated heterocycles. The Labute approximate surface area is 162 Å². The maximum atomic E-state index is 12.3. The summed E-state index contributed by atoms with van der Waals surface area (Å²) in [5, 5.41) is 4.17. The first-order valence-corrected chi connectivity index (χ1v) is 9.25. The normalized spacial score (nSPS) is 18.9. The number of ether oxygens (including phenoxy) is 2. The molecule has 144 valence electrons. The van der Waals surface area contributed by atoms with E-state index < -0.39 is 6.10 Å². The van der Waals surface area contributed by atoms with Gasteiger partial charge in [-0.25, -0.2) is 5.43 Å². The van der Waals surface area contributed by atoms with Crippen molar-refractivity contribution in [3.63, 3.8) is 0 Å². The summed E-state index contributed by atoms with van der Waals surface area (Å²) in [4.78, 5) is 26.0. The Balaban J connectivity index is 1.38. The van der Waals surface area contributed by atoms with Crippen LogP contribution in [-0.4, -0.2) is 36.8 Å². The monoisotopic (exact) mass is 379 g/mol. The Morgan fingerprint density at radius 3 is 2.61 bits per heavy atom. The number of carbonyl (C=O) groups excluding carboxylic acids is 2. The van der Waals surface area contributed by atoms with E-state index in [2.05, 4.69) is 10.5 Å². The van der Waals surface area contributed by atoms with E-state index in [1.165, 1.54) is 0 Å². The predicted molar refractivity (Wildman–Crippen MR) is 105 cm³/mol. The van der Waals surface area contributed by atoms with Crippen molar-refractivity contribution in [3.8, 4) is 11.5 Å². The third-order valence-corrected chi connectivity index (χ3v) is 4.81. The van der Waals surface area contributed by atoms with E-state index >= 15 is 0 Å². The second kappa shape index (κ2) is 7.72. The summed E-state index contributed by atoms with van der Waals surface area (Å²) in [6, 6.07) is 14.8. The predicted octanol–water partition coefficient (Wildman–Crippen LogP) is 2.49. The van der Waals surface area contributed by atoms with Gasteiger partial charge in [-0.15, -0.1) is 0 Å². The number of hydrazone groups is 1. The molecule has 0 aliphatic carbocycles. The quantitative estimate of drug-likeness (QED) is 0.654. The van der Waals surface area contributed by atoms with E-state index in [1.807, 2.05) is 43.3 Å². The number of para-hydroxylation sites is 2. The highest BCUT2D eigenvalue weighted by Gasteiger charge is 2.27. The molecule has 2 aliphatic heterocycles. The number of rotatable bonds is 4. The second-order valence-electron chi connectivity index (χ2n) is 6.73. The molecule has 0 saturated carbocycles. The summed E-state index contributed by atoms with van der Waals surface area (Å²) in [7, 11) is 0. The van der Waals surface area contributed by atoms with Crippen LogP contribution in [0.25, 0.3) is 0 Å². The fourth-order valence-electron chi connectivity index (χ4n) is 3.23. The van der Waals surface area contributed by atoms with Crippen LogP contribution in [-0.2, 0) is 9.59 Å². The standard InChI is InChI=1S/C21H21N3O4/c1-14(15-8-10-16(11-9-15)24-12-4-7-20(24)25)22-23-21(26)19-13-27-17-5-2-3-6-18(17)28-19/h2-3,5-6,8-11,19H,4,7,12-13H2,1H3,(H,23,26)/b22-14-/t19-/m0/s1. The van der Waals surface area contributed by atoms with E-state index in [0.717, 1.165) is 24.2 Å². The number of amides is 2. The van der Waals surface area contributed by atoms with Gasteiger partial charge in [0.1, 0.15) is 6.61 Å². The lowest BCUT2D eigenvalue weighted by molar-refractivity contribution is -0.130. The van der Waals surface area contributed by atoms with Gasteiger partial charge in [-0.3, -0.25) is 9.59 Å². The molecule has 7 nitrogen and oxygen atoms in total. The van der Waals surface area contributed by atoms with Gasteiger partial charge in [-0.05, 0) is 43.2 Å². The number of anilines is 1. The van der Waals surface area contributed by atoms with Crippen molar-refractivity contribution in [2.75, 3.05) is 18.1 Å². The van der Waals surface area contributed by atoms with Gasteiger partial charge in [0.2, 0.25) is 12.0 Å². The fraction of sp³-hybridized carbons (Fsp3) is 0.286. The molecule has 2 aromatic rings. The molecule has 0 aromatic heterocycles. The number of fused-ring (bicyclic) bond motifs is 1. The van der Waals surface area contributed by atoms with Crippen LogP contribution < -0.4 is 19.8 Å². The molecule has 2 aromatic carbocycles. The Kier molecular flexibility index (Phi) is 4.97. The second-order valence-corrected chi connectivity index (χ2v) is 6.73. The molecule has 1 N–H and O–H groups in total. The van der Waals surface area contributed by atoms with Crippen molar-refractivity contribution in [3.05, 3.63) is 54.1 Å². The fourth-order valence-corrected chi connectivity index (χ4v) is 3.23. The van der Waals surface area contributed by atoms with Crippen molar-refractivity contribution < 1.29 is 19.1 Å². The van der Waals surface area contributed by atoms with Crippen LogP contribution in [0.15, 0.2) is 53.6 Å². The highest BCUT2D eigenvalue weighted by molar-refractivity contribution is 6.00. The van der Waals surface area contributed by atoms with Gasteiger partial charge in [-0.2, -0.15) is 5.10 Å². The van der Waals surface area contributed by atoms with Gasteiger partial charge in [0.25, 0.3) is 5.91 Å². The molecule has 0 spiro atoms. The highest BCUT2D eigenvalue weighted by Crippen LogP contribution is 2.30. The zero-order valence-corrected chi connectivity index (χ0v) is 15.6. The van der Waals surface area contributed by atoms with Crippen LogP contribution in [0.4, 0.5) is 5.69 Å². The summed E-state index contributed by atoms with van der Waals surface area (Å²) < 4.78 is 11.2. The smallest absolute Gasteiger partial charge is 0.284 e. The number of nitrogens with one attached hydrogen (secondary N) is 1. The van der Waals surface area contributed by atoms with Gasteiger partial charge < -0.3 is 14.4 Å². The van der Waals surface area contributed by atoms with E-state index in [1.54, 1.807) is 17.0 Å². The van der Waals surface area contributed by atoms with Gasteiger partial charge in [0.15, 0.2) is 11.5 Å². The average molecular weight is 379 g/mol. The molecule has 1 atom stereocenters. The minimum absolute atomic E-state index is 0.135. The van der Waals surface area contributed by atoms with E-state index in [4.69, 9.17) is 9.47 Å². The molecule has 0 radical (unpaired) electrons. The van der Waals surface area contributed by atoms with Gasteiger partial charge in [0, 0.05) is 18.7 Å². The molecule has 2 aliphatic rings. The van der Waals surface area contributed by atoms with E-state index in [-0.39, 0.29) is 18.4 Å². The Morgan fingerprint density at radius 1 is 1.14 bits per heavy atom. The number of nitrogens with zero attached hydrogens (tertiary/aromatic N) is 2. The van der Waals surface area contributed by atoms with Crippen LogP contribution in [0.5, 0.6) is 11.5 Å². The first-order chi connectivity index (χ1) is 13.6. The maximum Gasteiger partial charge on any atom is 0.284 e.